The van der Waals surface area contributed by atoms with Crippen LogP contribution >= 0.6 is 23.2 Å². The summed E-state index contributed by atoms with van der Waals surface area (Å²) >= 11 is 11.4. The second-order valence-corrected chi connectivity index (χ2v) is 2.87. The number of halogens is 2. The number of hydrogen-bond donors (Lipinski definition) is 2. The molecule has 0 bridgehead atoms. The Hall–Kier alpha value is -0.420. The van der Waals surface area contributed by atoms with E-state index in [0.717, 1.165) is 0 Å². The van der Waals surface area contributed by atoms with E-state index in [2.05, 4.69) is 9.97 Å². The second-order valence-electron chi connectivity index (χ2n) is 2.16. The molecule has 0 aliphatic carbocycles. The summed E-state index contributed by atoms with van der Waals surface area (Å²) in [6.45, 7) is -0.243. The summed E-state index contributed by atoms with van der Waals surface area (Å²) in [5.74, 6) is 0. The van der Waals surface area contributed by atoms with Crippen LogP contribution in [0, 0.1) is 0 Å². The molecule has 0 radical (unpaired) electrons. The number of nitrogens with two attached hydrogens (primary N) is 1. The van der Waals surface area contributed by atoms with Gasteiger partial charge in [0.1, 0.15) is 16.6 Å². The van der Waals surface area contributed by atoms with E-state index < -0.39 is 6.04 Å². The van der Waals surface area contributed by atoms with Crippen LogP contribution < -0.4 is 5.73 Å². The Morgan fingerprint density at radius 1 is 1.42 bits per heavy atom. The fraction of sp³-hybridized carbons (Fsp3) is 0.333. The quantitative estimate of drug-likeness (QED) is 0.704. The number of aliphatic hydroxyl groups is 1. The largest absolute Gasteiger partial charge is 0.394 e. The molecule has 12 heavy (non-hydrogen) atoms. The Balaban J connectivity index is 3.12. The van der Waals surface area contributed by atoms with Crippen molar-refractivity contribution in [2.75, 3.05) is 6.61 Å². The maximum absolute atomic E-state index is 8.74. The van der Waals surface area contributed by atoms with Crippen molar-refractivity contribution in [1.29, 1.82) is 0 Å². The Bertz CT molecular complexity index is 261. The molecule has 0 aromatic carbocycles. The van der Waals surface area contributed by atoms with Crippen molar-refractivity contribution in [3.8, 4) is 0 Å². The highest BCUT2D eigenvalue weighted by Crippen LogP contribution is 2.24. The van der Waals surface area contributed by atoms with Gasteiger partial charge in [0.25, 0.3) is 0 Å². The number of hydrogen-bond acceptors (Lipinski definition) is 4. The van der Waals surface area contributed by atoms with Gasteiger partial charge in [-0.25, -0.2) is 9.97 Å². The first-order chi connectivity index (χ1) is 5.66. The molecule has 4 nitrogen and oxygen atoms in total. The van der Waals surface area contributed by atoms with Crippen molar-refractivity contribution in [3.05, 3.63) is 22.2 Å². The molecule has 1 aromatic heterocycles. The van der Waals surface area contributed by atoms with Crippen LogP contribution in [0.4, 0.5) is 0 Å². The lowest BCUT2D eigenvalue weighted by Crippen LogP contribution is -2.16. The SMILES string of the molecule is N[C@@H](CO)c1c(Cl)ncnc1Cl. The maximum atomic E-state index is 8.74. The molecular weight excluding hydrogens is 201 g/mol. The molecule has 0 unspecified atom stereocenters. The van der Waals surface area contributed by atoms with Crippen LogP contribution in [-0.2, 0) is 0 Å². The second kappa shape index (κ2) is 4.00. The van der Waals surface area contributed by atoms with Gasteiger partial charge in [0.2, 0.25) is 0 Å². The molecule has 0 saturated heterocycles. The first-order valence-electron chi connectivity index (χ1n) is 3.19. The monoisotopic (exact) mass is 207 g/mol. The van der Waals surface area contributed by atoms with Gasteiger partial charge in [-0.1, -0.05) is 23.2 Å². The third-order valence-electron chi connectivity index (χ3n) is 1.35. The molecular formula is C6H7Cl2N3O. The third-order valence-corrected chi connectivity index (χ3v) is 1.96. The Morgan fingerprint density at radius 3 is 2.33 bits per heavy atom. The average molecular weight is 208 g/mol. The van der Waals surface area contributed by atoms with Crippen molar-refractivity contribution >= 4 is 23.2 Å². The van der Waals surface area contributed by atoms with Crippen molar-refractivity contribution in [2.24, 2.45) is 5.73 Å². The smallest absolute Gasteiger partial charge is 0.138 e. The molecule has 0 fully saturated rings. The highest BCUT2D eigenvalue weighted by atomic mass is 35.5. The molecule has 1 heterocycles. The van der Waals surface area contributed by atoms with E-state index in [-0.39, 0.29) is 16.9 Å². The summed E-state index contributed by atoms with van der Waals surface area (Å²) in [7, 11) is 0. The molecule has 66 valence electrons. The predicted molar refractivity (Wildman–Crippen MR) is 46.1 cm³/mol. The van der Waals surface area contributed by atoms with Crippen molar-refractivity contribution < 1.29 is 5.11 Å². The zero-order valence-corrected chi connectivity index (χ0v) is 7.55. The van der Waals surface area contributed by atoms with E-state index in [1.165, 1.54) is 6.33 Å². The van der Waals surface area contributed by atoms with Gasteiger partial charge < -0.3 is 10.8 Å². The van der Waals surface area contributed by atoms with Crippen molar-refractivity contribution in [3.63, 3.8) is 0 Å². The molecule has 0 amide bonds. The molecule has 0 spiro atoms. The standard InChI is InChI=1S/C6H7Cl2N3O/c7-5-4(3(9)1-12)6(8)11-2-10-5/h2-3,12H,1,9H2/t3-/m0/s1. The fourth-order valence-corrected chi connectivity index (χ4v) is 1.35. The third kappa shape index (κ3) is 1.84. The van der Waals surface area contributed by atoms with E-state index in [9.17, 15) is 0 Å². The normalized spacial score (nSPS) is 13.0. The van der Waals surface area contributed by atoms with Crippen LogP contribution in [0.1, 0.15) is 11.6 Å². The van der Waals surface area contributed by atoms with Gasteiger partial charge in [-0.15, -0.1) is 0 Å². The van der Waals surface area contributed by atoms with Gasteiger partial charge in [-0.3, -0.25) is 0 Å². The summed E-state index contributed by atoms with van der Waals surface area (Å²) in [6, 6.07) is -0.633. The number of aliphatic hydroxyl groups excluding tert-OH is 1. The molecule has 0 aliphatic heterocycles. The lowest BCUT2D eigenvalue weighted by atomic mass is 10.2. The first-order valence-corrected chi connectivity index (χ1v) is 3.94. The Morgan fingerprint density at radius 2 is 1.92 bits per heavy atom. The van der Waals surface area contributed by atoms with E-state index in [1.54, 1.807) is 0 Å². The van der Waals surface area contributed by atoms with Crippen LogP contribution in [-0.4, -0.2) is 21.7 Å². The first kappa shape index (κ1) is 9.67. The molecule has 1 rings (SSSR count). The van der Waals surface area contributed by atoms with Gasteiger partial charge in [-0.2, -0.15) is 0 Å². The van der Waals surface area contributed by atoms with Gasteiger partial charge in [0.05, 0.1) is 12.6 Å². The summed E-state index contributed by atoms with van der Waals surface area (Å²) in [4.78, 5) is 7.38. The highest BCUT2D eigenvalue weighted by Gasteiger charge is 2.14. The van der Waals surface area contributed by atoms with Gasteiger partial charge in [0, 0.05) is 5.56 Å². The van der Waals surface area contributed by atoms with Crippen LogP contribution in [0.2, 0.25) is 10.3 Å². The maximum Gasteiger partial charge on any atom is 0.138 e. The zero-order valence-electron chi connectivity index (χ0n) is 6.04. The van der Waals surface area contributed by atoms with Crippen molar-refractivity contribution in [2.45, 2.75) is 6.04 Å². The summed E-state index contributed by atoms with van der Waals surface area (Å²) in [6.07, 6.45) is 1.23. The summed E-state index contributed by atoms with van der Waals surface area (Å²) in [5.41, 5.74) is 5.88. The van der Waals surface area contributed by atoms with Crippen LogP contribution in [0.3, 0.4) is 0 Å². The van der Waals surface area contributed by atoms with E-state index in [4.69, 9.17) is 34.0 Å². The minimum absolute atomic E-state index is 0.177. The predicted octanol–water partition coefficient (Wildman–Crippen LogP) is 0.776. The van der Waals surface area contributed by atoms with Crippen LogP contribution in [0.5, 0.6) is 0 Å². The van der Waals surface area contributed by atoms with E-state index in [0.29, 0.717) is 5.56 Å². The lowest BCUT2D eigenvalue weighted by molar-refractivity contribution is 0.267. The number of rotatable bonds is 2. The van der Waals surface area contributed by atoms with Gasteiger partial charge in [-0.05, 0) is 0 Å². The minimum Gasteiger partial charge on any atom is -0.394 e. The average Bonchev–Trinajstić information content (AvgIpc) is 2.03. The molecule has 3 N–H and O–H groups in total. The topological polar surface area (TPSA) is 72.0 Å². The van der Waals surface area contributed by atoms with Gasteiger partial charge >= 0.3 is 0 Å². The van der Waals surface area contributed by atoms with Crippen LogP contribution in [0.15, 0.2) is 6.33 Å². The van der Waals surface area contributed by atoms with Crippen molar-refractivity contribution in [1.82, 2.24) is 9.97 Å². The lowest BCUT2D eigenvalue weighted by Gasteiger charge is -2.09. The summed E-state index contributed by atoms with van der Waals surface area (Å²) in [5, 5.41) is 9.09. The molecule has 1 aromatic rings. The molecule has 1 atom stereocenters. The Labute approximate surface area is 79.3 Å². The molecule has 6 heteroatoms. The summed E-state index contributed by atoms with van der Waals surface area (Å²) < 4.78 is 0. The Kier molecular flexibility index (Phi) is 3.22. The molecule has 0 aliphatic rings. The zero-order chi connectivity index (χ0) is 9.14. The minimum atomic E-state index is -0.633. The van der Waals surface area contributed by atoms with E-state index >= 15 is 0 Å². The molecule has 0 saturated carbocycles. The highest BCUT2D eigenvalue weighted by molar-refractivity contribution is 6.34. The van der Waals surface area contributed by atoms with E-state index in [1.807, 2.05) is 0 Å². The van der Waals surface area contributed by atoms with Crippen LogP contribution in [0.25, 0.3) is 0 Å². The number of nitrogens with zero attached hydrogens (tertiary/aromatic N) is 2. The van der Waals surface area contributed by atoms with Gasteiger partial charge in [0.15, 0.2) is 0 Å². The number of aromatic nitrogens is 2. The fourth-order valence-electron chi connectivity index (χ4n) is 0.752.